The molecule has 3 nitrogen and oxygen atoms in total. The van der Waals surface area contributed by atoms with Gasteiger partial charge in [0, 0.05) is 11.7 Å². The molecule has 4 rings (SSSR count). The van der Waals surface area contributed by atoms with Gasteiger partial charge in [-0.2, -0.15) is 0 Å². The molecule has 2 aromatic heterocycles. The lowest BCUT2D eigenvalue weighted by atomic mass is 10.0. The van der Waals surface area contributed by atoms with Gasteiger partial charge in [0.1, 0.15) is 0 Å². The summed E-state index contributed by atoms with van der Waals surface area (Å²) in [5, 5.41) is 9.20. The molecule has 0 saturated carbocycles. The molecule has 2 aromatic carbocycles. The Morgan fingerprint density at radius 2 is 1.42 bits per heavy atom. The highest BCUT2D eigenvalue weighted by Crippen LogP contribution is 2.26. The minimum atomic E-state index is -0.913. The van der Waals surface area contributed by atoms with Gasteiger partial charge >= 0.3 is 5.97 Å². The van der Waals surface area contributed by atoms with Crippen LogP contribution in [0.2, 0.25) is 0 Å². The maximum atomic E-state index is 11.2. The Morgan fingerprint density at radius 3 is 2.12 bits per heavy atom. The lowest BCUT2D eigenvalue weighted by molar-refractivity contribution is 0.0697. The molecule has 0 bridgehead atoms. The first-order valence-corrected chi connectivity index (χ1v) is 7.73. The van der Waals surface area contributed by atoms with E-state index in [2.05, 4.69) is 36.4 Å². The van der Waals surface area contributed by atoms with Crippen LogP contribution in [0.3, 0.4) is 0 Å². The summed E-state index contributed by atoms with van der Waals surface area (Å²) in [5.41, 5.74) is 5.52. The summed E-state index contributed by atoms with van der Waals surface area (Å²) < 4.78 is 1.92. The number of rotatable bonds is 3. The zero-order valence-corrected chi connectivity index (χ0v) is 12.9. The fourth-order valence-electron chi connectivity index (χ4n) is 2.95. The van der Waals surface area contributed by atoms with Gasteiger partial charge in [-0.1, -0.05) is 60.7 Å². The van der Waals surface area contributed by atoms with Crippen molar-refractivity contribution >= 4 is 11.5 Å². The van der Waals surface area contributed by atoms with Crippen LogP contribution in [0.1, 0.15) is 10.4 Å². The fraction of sp³-hybridized carbons (Fsp3) is 0. The number of pyridine rings is 1. The summed E-state index contributed by atoms with van der Waals surface area (Å²) in [6.45, 7) is 0. The Bertz CT molecular complexity index is 1010. The molecule has 0 unspecified atom stereocenters. The molecular formula is C21H15NO2. The van der Waals surface area contributed by atoms with Crippen molar-refractivity contribution in [2.45, 2.75) is 0 Å². The number of carboxylic acid groups (broad SMARTS) is 1. The summed E-state index contributed by atoms with van der Waals surface area (Å²) >= 11 is 0. The summed E-state index contributed by atoms with van der Waals surface area (Å²) in [6, 6.07) is 26.1. The molecule has 0 aliphatic rings. The lowest BCUT2D eigenvalue weighted by Crippen LogP contribution is -1.93. The Hall–Kier alpha value is -3.33. The van der Waals surface area contributed by atoms with Gasteiger partial charge < -0.3 is 9.51 Å². The van der Waals surface area contributed by atoms with Crippen molar-refractivity contribution in [3.8, 4) is 22.4 Å². The van der Waals surface area contributed by atoms with E-state index in [4.69, 9.17) is 0 Å². The van der Waals surface area contributed by atoms with Gasteiger partial charge in [-0.05, 0) is 34.9 Å². The van der Waals surface area contributed by atoms with Gasteiger partial charge in [-0.25, -0.2) is 4.79 Å². The second-order valence-corrected chi connectivity index (χ2v) is 5.68. The zero-order valence-electron chi connectivity index (χ0n) is 12.9. The first-order chi connectivity index (χ1) is 11.7. The van der Waals surface area contributed by atoms with Crippen molar-refractivity contribution in [1.29, 1.82) is 0 Å². The van der Waals surface area contributed by atoms with E-state index in [0.29, 0.717) is 5.56 Å². The van der Waals surface area contributed by atoms with Crippen molar-refractivity contribution in [1.82, 2.24) is 4.40 Å². The van der Waals surface area contributed by atoms with Gasteiger partial charge in [0.05, 0.1) is 11.3 Å². The molecule has 1 N–H and O–H groups in total. The number of hydrogen-bond acceptors (Lipinski definition) is 1. The van der Waals surface area contributed by atoms with Crippen molar-refractivity contribution in [2.24, 2.45) is 0 Å². The Balaban J connectivity index is 1.79. The minimum absolute atomic E-state index is 0.295. The third-order valence-corrected chi connectivity index (χ3v) is 4.17. The Kier molecular flexibility index (Phi) is 3.39. The Labute approximate surface area is 139 Å². The van der Waals surface area contributed by atoms with Gasteiger partial charge in [-0.3, -0.25) is 0 Å². The van der Waals surface area contributed by atoms with Crippen LogP contribution >= 0.6 is 0 Å². The molecule has 2 heterocycles. The van der Waals surface area contributed by atoms with E-state index in [1.807, 2.05) is 40.8 Å². The topological polar surface area (TPSA) is 41.7 Å². The number of aromatic carboxylic acids is 1. The average Bonchev–Trinajstić information content (AvgIpc) is 3.07. The van der Waals surface area contributed by atoms with E-state index in [-0.39, 0.29) is 0 Å². The molecule has 0 radical (unpaired) electrons. The molecule has 0 saturated heterocycles. The van der Waals surface area contributed by atoms with Crippen LogP contribution in [-0.2, 0) is 0 Å². The number of aromatic nitrogens is 1. The van der Waals surface area contributed by atoms with Crippen molar-refractivity contribution < 1.29 is 9.90 Å². The average molecular weight is 313 g/mol. The normalized spacial score (nSPS) is 10.8. The molecular weight excluding hydrogens is 298 g/mol. The molecule has 0 spiro atoms. The molecule has 3 heteroatoms. The predicted octanol–water partition coefficient (Wildman–Crippen LogP) is 4.97. The van der Waals surface area contributed by atoms with Gasteiger partial charge in [0.2, 0.25) is 0 Å². The van der Waals surface area contributed by atoms with Gasteiger partial charge in [-0.15, -0.1) is 0 Å². The molecule has 0 aliphatic heterocycles. The van der Waals surface area contributed by atoms with Crippen molar-refractivity contribution in [3.63, 3.8) is 0 Å². The van der Waals surface area contributed by atoms with Crippen molar-refractivity contribution in [2.75, 3.05) is 0 Å². The largest absolute Gasteiger partial charge is 0.478 e. The molecule has 116 valence electrons. The molecule has 24 heavy (non-hydrogen) atoms. The number of carboxylic acids is 1. The van der Waals surface area contributed by atoms with Crippen LogP contribution in [0.4, 0.5) is 0 Å². The summed E-state index contributed by atoms with van der Waals surface area (Å²) in [6.07, 6.45) is 1.66. The maximum Gasteiger partial charge on any atom is 0.337 e. The van der Waals surface area contributed by atoms with E-state index in [9.17, 15) is 9.90 Å². The third-order valence-electron chi connectivity index (χ3n) is 4.17. The quantitative estimate of drug-likeness (QED) is 0.580. The SMILES string of the molecule is O=C(O)c1cc2cccc(-c3ccc(-c4ccccc4)cc3)n2c1. The van der Waals surface area contributed by atoms with E-state index in [1.54, 1.807) is 12.3 Å². The highest BCUT2D eigenvalue weighted by Gasteiger charge is 2.10. The zero-order chi connectivity index (χ0) is 16.5. The number of hydrogen-bond donors (Lipinski definition) is 1. The molecule has 0 atom stereocenters. The van der Waals surface area contributed by atoms with E-state index in [1.165, 1.54) is 5.56 Å². The van der Waals surface area contributed by atoms with Gasteiger partial charge in [0.15, 0.2) is 0 Å². The molecule has 0 amide bonds. The first kappa shape index (κ1) is 14.3. The van der Waals surface area contributed by atoms with Crippen LogP contribution in [0, 0.1) is 0 Å². The summed E-state index contributed by atoms with van der Waals surface area (Å²) in [5.74, 6) is -0.913. The van der Waals surface area contributed by atoms with Gasteiger partial charge in [0.25, 0.3) is 0 Å². The number of fused-ring (bicyclic) bond motifs is 1. The Morgan fingerprint density at radius 1 is 0.750 bits per heavy atom. The second kappa shape index (κ2) is 5.70. The number of nitrogens with zero attached hydrogens (tertiary/aromatic N) is 1. The van der Waals surface area contributed by atoms with Crippen LogP contribution < -0.4 is 0 Å². The van der Waals surface area contributed by atoms with E-state index < -0.39 is 5.97 Å². The highest BCUT2D eigenvalue weighted by atomic mass is 16.4. The highest BCUT2D eigenvalue weighted by molar-refractivity contribution is 5.90. The molecule has 4 aromatic rings. The van der Waals surface area contributed by atoms with Crippen LogP contribution in [-0.4, -0.2) is 15.5 Å². The van der Waals surface area contributed by atoms with E-state index in [0.717, 1.165) is 22.3 Å². The minimum Gasteiger partial charge on any atom is -0.478 e. The molecule has 0 fully saturated rings. The number of carbonyl (C=O) groups is 1. The standard InChI is InChI=1S/C21H15NO2/c23-21(24)18-13-19-7-4-8-20(22(19)14-18)17-11-9-16(10-12-17)15-5-2-1-3-6-15/h1-14H,(H,23,24). The first-order valence-electron chi connectivity index (χ1n) is 7.73. The third kappa shape index (κ3) is 2.46. The number of benzene rings is 2. The summed E-state index contributed by atoms with van der Waals surface area (Å²) in [7, 11) is 0. The lowest BCUT2D eigenvalue weighted by Gasteiger charge is -2.08. The fourth-order valence-corrected chi connectivity index (χ4v) is 2.95. The molecule has 0 aliphatic carbocycles. The van der Waals surface area contributed by atoms with Crippen LogP contribution in [0.25, 0.3) is 27.9 Å². The van der Waals surface area contributed by atoms with Crippen LogP contribution in [0.15, 0.2) is 85.1 Å². The monoisotopic (exact) mass is 313 g/mol. The second-order valence-electron chi connectivity index (χ2n) is 5.68. The van der Waals surface area contributed by atoms with E-state index >= 15 is 0 Å². The predicted molar refractivity (Wildman–Crippen MR) is 95.2 cm³/mol. The summed E-state index contributed by atoms with van der Waals surface area (Å²) in [4.78, 5) is 11.2. The smallest absolute Gasteiger partial charge is 0.337 e. The van der Waals surface area contributed by atoms with Crippen LogP contribution in [0.5, 0.6) is 0 Å². The van der Waals surface area contributed by atoms with Crippen molar-refractivity contribution in [3.05, 3.63) is 90.6 Å². The maximum absolute atomic E-state index is 11.2.